The molecule has 1 aliphatic rings. The van der Waals surface area contributed by atoms with Crippen LogP contribution in [0.15, 0.2) is 36.9 Å². The summed E-state index contributed by atoms with van der Waals surface area (Å²) >= 11 is 0. The highest BCUT2D eigenvalue weighted by Gasteiger charge is 2.19. The number of ether oxygens (including phenoxy) is 1. The molecule has 5 nitrogen and oxygen atoms in total. The van der Waals surface area contributed by atoms with Crippen molar-refractivity contribution in [2.24, 2.45) is 5.73 Å². The molecule has 0 spiro atoms. The van der Waals surface area contributed by atoms with Gasteiger partial charge in [0.1, 0.15) is 18.4 Å². The smallest absolute Gasteiger partial charge is 0.138 e. The molecule has 116 valence electrons. The molecule has 0 bridgehead atoms. The second-order valence-electron chi connectivity index (χ2n) is 4.99. The summed E-state index contributed by atoms with van der Waals surface area (Å²) in [6.45, 7) is 0. The summed E-state index contributed by atoms with van der Waals surface area (Å²) in [5, 5.41) is 4.09. The van der Waals surface area contributed by atoms with E-state index in [4.69, 9.17) is 10.5 Å². The second kappa shape index (κ2) is 8.22. The van der Waals surface area contributed by atoms with Crippen molar-refractivity contribution < 1.29 is 4.74 Å². The number of aromatic nitrogens is 3. The van der Waals surface area contributed by atoms with Gasteiger partial charge in [-0.1, -0.05) is 0 Å². The maximum atomic E-state index is 5.98. The molecule has 0 atom stereocenters. The van der Waals surface area contributed by atoms with E-state index in [2.05, 4.69) is 10.1 Å². The van der Waals surface area contributed by atoms with E-state index in [1.165, 1.54) is 6.33 Å². The van der Waals surface area contributed by atoms with Crippen molar-refractivity contribution >= 4 is 24.8 Å². The third-order valence-corrected chi connectivity index (χ3v) is 3.54. The molecule has 3 rings (SSSR count). The molecule has 0 radical (unpaired) electrons. The molecule has 7 heteroatoms. The van der Waals surface area contributed by atoms with Gasteiger partial charge in [0.05, 0.1) is 11.8 Å². The summed E-state index contributed by atoms with van der Waals surface area (Å²) in [5.41, 5.74) is 6.88. The summed E-state index contributed by atoms with van der Waals surface area (Å²) in [6.07, 6.45) is 7.71. The van der Waals surface area contributed by atoms with Crippen LogP contribution < -0.4 is 10.5 Å². The molecule has 0 aliphatic heterocycles. The monoisotopic (exact) mass is 330 g/mol. The highest BCUT2D eigenvalue weighted by atomic mass is 35.5. The summed E-state index contributed by atoms with van der Waals surface area (Å²) in [7, 11) is 0. The van der Waals surface area contributed by atoms with Gasteiger partial charge < -0.3 is 10.5 Å². The fourth-order valence-corrected chi connectivity index (χ4v) is 2.42. The van der Waals surface area contributed by atoms with Crippen molar-refractivity contribution in [3.05, 3.63) is 36.9 Å². The standard InChI is InChI=1S/C14H18N4O.2ClH/c15-11-1-5-13(6-2-11)19-14-7-3-12(4-8-14)18-10-16-9-17-18;;/h3-4,7-11,13H,1-2,5-6,15H2;2*1H. The van der Waals surface area contributed by atoms with Gasteiger partial charge in [0.15, 0.2) is 0 Å². The van der Waals surface area contributed by atoms with Crippen LogP contribution >= 0.6 is 24.8 Å². The third kappa shape index (κ3) is 4.59. The van der Waals surface area contributed by atoms with Crippen LogP contribution in [0, 0.1) is 0 Å². The zero-order valence-electron chi connectivity index (χ0n) is 11.6. The Morgan fingerprint density at radius 3 is 2.29 bits per heavy atom. The number of hydrogen-bond donors (Lipinski definition) is 1. The van der Waals surface area contributed by atoms with Gasteiger partial charge in [-0.2, -0.15) is 5.10 Å². The van der Waals surface area contributed by atoms with E-state index in [1.807, 2.05) is 24.3 Å². The van der Waals surface area contributed by atoms with Gasteiger partial charge in [0.2, 0.25) is 0 Å². The minimum absolute atomic E-state index is 0. The van der Waals surface area contributed by atoms with Crippen molar-refractivity contribution in [2.75, 3.05) is 0 Å². The van der Waals surface area contributed by atoms with Gasteiger partial charge >= 0.3 is 0 Å². The van der Waals surface area contributed by atoms with Gasteiger partial charge in [-0.3, -0.25) is 0 Å². The Labute approximate surface area is 136 Å². The van der Waals surface area contributed by atoms with Crippen LogP contribution in [0.5, 0.6) is 5.75 Å². The topological polar surface area (TPSA) is 66.0 Å². The van der Waals surface area contributed by atoms with E-state index < -0.39 is 0 Å². The highest BCUT2D eigenvalue weighted by molar-refractivity contribution is 5.85. The van der Waals surface area contributed by atoms with Crippen molar-refractivity contribution in [1.29, 1.82) is 0 Å². The molecule has 1 fully saturated rings. The fourth-order valence-electron chi connectivity index (χ4n) is 2.42. The van der Waals surface area contributed by atoms with Gasteiger partial charge in [-0.15, -0.1) is 24.8 Å². The lowest BCUT2D eigenvalue weighted by atomic mass is 9.94. The summed E-state index contributed by atoms with van der Waals surface area (Å²) in [6, 6.07) is 8.28. The van der Waals surface area contributed by atoms with Crippen LogP contribution in [0.3, 0.4) is 0 Å². The van der Waals surface area contributed by atoms with E-state index in [-0.39, 0.29) is 24.8 Å². The average molecular weight is 331 g/mol. The minimum atomic E-state index is 0. The minimum Gasteiger partial charge on any atom is -0.490 e. The number of hydrogen-bond acceptors (Lipinski definition) is 4. The predicted octanol–water partition coefficient (Wildman–Crippen LogP) is 2.76. The van der Waals surface area contributed by atoms with Crippen molar-refractivity contribution in [3.63, 3.8) is 0 Å². The lowest BCUT2D eigenvalue weighted by molar-refractivity contribution is 0.147. The zero-order chi connectivity index (χ0) is 13.1. The maximum absolute atomic E-state index is 5.98. The summed E-state index contributed by atoms with van der Waals surface area (Å²) in [5.74, 6) is 0.907. The van der Waals surface area contributed by atoms with Crippen LogP contribution in [0.4, 0.5) is 0 Å². The van der Waals surface area contributed by atoms with E-state index in [9.17, 15) is 0 Å². The predicted molar refractivity (Wildman–Crippen MR) is 86.7 cm³/mol. The molecule has 1 aromatic carbocycles. The van der Waals surface area contributed by atoms with E-state index in [0.717, 1.165) is 37.1 Å². The van der Waals surface area contributed by atoms with Gasteiger partial charge in [0.25, 0.3) is 0 Å². The van der Waals surface area contributed by atoms with Crippen LogP contribution in [-0.4, -0.2) is 26.9 Å². The highest BCUT2D eigenvalue weighted by Crippen LogP contribution is 2.23. The normalized spacial score (nSPS) is 21.0. The molecule has 1 aliphatic carbocycles. The van der Waals surface area contributed by atoms with Crippen molar-refractivity contribution in [1.82, 2.24) is 14.8 Å². The fraction of sp³-hybridized carbons (Fsp3) is 0.429. The average Bonchev–Trinajstić information content (AvgIpc) is 2.96. The number of benzene rings is 1. The molecule has 2 aromatic rings. The van der Waals surface area contributed by atoms with E-state index in [1.54, 1.807) is 11.0 Å². The quantitative estimate of drug-likeness (QED) is 0.939. The third-order valence-electron chi connectivity index (χ3n) is 3.54. The first-order valence-corrected chi connectivity index (χ1v) is 6.68. The number of halogens is 2. The van der Waals surface area contributed by atoms with Crippen LogP contribution in [0.1, 0.15) is 25.7 Å². The molecular formula is C14H20Cl2N4O. The summed E-state index contributed by atoms with van der Waals surface area (Å²) in [4.78, 5) is 3.93. The Hall–Kier alpha value is -1.30. The number of nitrogens with two attached hydrogens (primary N) is 1. The van der Waals surface area contributed by atoms with Crippen LogP contribution in [0.2, 0.25) is 0 Å². The Morgan fingerprint density at radius 2 is 1.71 bits per heavy atom. The molecule has 1 saturated carbocycles. The Balaban J connectivity index is 0.00000110. The first-order valence-electron chi connectivity index (χ1n) is 6.68. The molecule has 21 heavy (non-hydrogen) atoms. The molecule has 1 aromatic heterocycles. The molecule has 1 heterocycles. The lowest BCUT2D eigenvalue weighted by Crippen LogP contribution is -2.31. The lowest BCUT2D eigenvalue weighted by Gasteiger charge is -2.26. The molecule has 0 unspecified atom stereocenters. The maximum Gasteiger partial charge on any atom is 0.138 e. The Morgan fingerprint density at radius 1 is 1.05 bits per heavy atom. The van der Waals surface area contributed by atoms with Gasteiger partial charge in [-0.25, -0.2) is 9.67 Å². The van der Waals surface area contributed by atoms with Crippen molar-refractivity contribution in [3.8, 4) is 11.4 Å². The Bertz CT molecular complexity index is 510. The number of nitrogens with zero attached hydrogens (tertiary/aromatic N) is 3. The Kier molecular flexibility index (Phi) is 6.95. The molecule has 0 saturated heterocycles. The van der Waals surface area contributed by atoms with E-state index in [0.29, 0.717) is 12.1 Å². The summed E-state index contributed by atoms with van der Waals surface area (Å²) < 4.78 is 7.70. The number of rotatable bonds is 3. The molecular weight excluding hydrogens is 311 g/mol. The van der Waals surface area contributed by atoms with Gasteiger partial charge in [0, 0.05) is 6.04 Å². The second-order valence-corrected chi connectivity index (χ2v) is 4.99. The zero-order valence-corrected chi connectivity index (χ0v) is 13.2. The largest absolute Gasteiger partial charge is 0.490 e. The van der Waals surface area contributed by atoms with Gasteiger partial charge in [-0.05, 0) is 49.9 Å². The first-order chi connectivity index (χ1) is 9.31. The SMILES string of the molecule is Cl.Cl.NC1CCC(Oc2ccc(-n3cncn3)cc2)CC1. The van der Waals surface area contributed by atoms with E-state index >= 15 is 0 Å². The molecule has 0 amide bonds. The first kappa shape index (κ1) is 17.8. The van der Waals surface area contributed by atoms with Crippen LogP contribution in [0.25, 0.3) is 5.69 Å². The van der Waals surface area contributed by atoms with Crippen LogP contribution in [-0.2, 0) is 0 Å². The van der Waals surface area contributed by atoms with Crippen molar-refractivity contribution in [2.45, 2.75) is 37.8 Å². The molecule has 2 N–H and O–H groups in total.